The van der Waals surface area contributed by atoms with Crippen molar-refractivity contribution >= 4 is 52.8 Å². The number of urea groups is 1. The number of nitrogens with zero attached hydrogens (tertiary/aromatic N) is 3. The second kappa shape index (κ2) is 14.5. The number of carbonyl (C=O) groups is 2. The van der Waals surface area contributed by atoms with Crippen LogP contribution in [-0.2, 0) is 21.2 Å². The molecule has 1 fully saturated rings. The number of likely N-dealkylation sites (tertiary alicyclic amines) is 1. The molecule has 3 aromatic carbocycles. The van der Waals surface area contributed by atoms with Gasteiger partial charge in [0.05, 0.1) is 12.2 Å². The van der Waals surface area contributed by atoms with E-state index in [1.807, 2.05) is 107 Å². The fraction of sp³-hybridized carbons (Fsp3) is 0.475. The predicted molar refractivity (Wildman–Crippen MR) is 207 cm³/mol. The molecule has 274 valence electrons. The number of nitrogens with one attached hydrogen (secondary N) is 1. The van der Waals surface area contributed by atoms with Gasteiger partial charge in [-0.2, -0.15) is 0 Å². The Morgan fingerprint density at radius 3 is 1.94 bits per heavy atom. The smallest absolute Gasteiger partial charge is 0.407 e. The lowest BCUT2D eigenvalue weighted by Gasteiger charge is -2.47. The molecule has 3 amide bonds. The lowest BCUT2D eigenvalue weighted by Crippen LogP contribution is -2.59. The monoisotopic (exact) mass is 754 g/mol. The van der Waals surface area contributed by atoms with Gasteiger partial charge in [0, 0.05) is 34.2 Å². The first-order chi connectivity index (χ1) is 23.8. The summed E-state index contributed by atoms with van der Waals surface area (Å²) in [4.78, 5) is 37.0. The van der Waals surface area contributed by atoms with Gasteiger partial charge in [0.15, 0.2) is 0 Å². The van der Waals surface area contributed by atoms with E-state index in [2.05, 4.69) is 26.1 Å². The highest BCUT2D eigenvalue weighted by Crippen LogP contribution is 2.54. The quantitative estimate of drug-likeness (QED) is 0.272. The van der Waals surface area contributed by atoms with Gasteiger partial charge in [-0.05, 0) is 113 Å². The normalized spacial score (nSPS) is 21.4. The molecule has 8 nitrogen and oxygen atoms in total. The highest BCUT2D eigenvalue weighted by atomic mass is 35.5. The molecule has 3 aromatic rings. The molecule has 11 heteroatoms. The minimum Gasteiger partial charge on any atom is -0.493 e. The summed E-state index contributed by atoms with van der Waals surface area (Å²) in [6, 6.07) is 18.6. The maximum atomic E-state index is 15.2. The van der Waals surface area contributed by atoms with E-state index in [-0.39, 0.29) is 17.5 Å². The van der Waals surface area contributed by atoms with Gasteiger partial charge in [-0.25, -0.2) is 9.59 Å². The molecule has 0 radical (unpaired) electrons. The average Bonchev–Trinajstić information content (AvgIpc) is 3.28. The number of rotatable bonds is 6. The Bertz CT molecular complexity index is 1790. The van der Waals surface area contributed by atoms with E-state index < -0.39 is 22.8 Å². The number of amides is 3. The van der Waals surface area contributed by atoms with Crippen LogP contribution in [0, 0.1) is 0 Å². The second-order valence-corrected chi connectivity index (χ2v) is 16.9. The fourth-order valence-electron chi connectivity index (χ4n) is 6.98. The molecule has 0 spiro atoms. The van der Waals surface area contributed by atoms with E-state index in [1.54, 1.807) is 4.90 Å². The molecule has 2 atom stereocenters. The van der Waals surface area contributed by atoms with Crippen molar-refractivity contribution < 1.29 is 19.1 Å². The van der Waals surface area contributed by atoms with Crippen LogP contribution in [-0.4, -0.2) is 59.1 Å². The standard InChI is InChI=1S/C40H49Cl3N4O4/c1-10-50-33-24-31(37(2,3)4)32(43)23-30(33)34-45-39(8,25-11-15-27(41)16-12-25)40(9,26-13-17-28(42)18-14-26)47(34)36(49)46-21-19-29(20-22-46)44-35(48)51-38(5,6)7/h11-18,23-24,29H,10,19-22H2,1-9H3,(H,44,48)/t39-,40-/m0/s1. The minimum atomic E-state index is -1.07. The van der Waals surface area contributed by atoms with Gasteiger partial charge < -0.3 is 19.7 Å². The summed E-state index contributed by atoms with van der Waals surface area (Å²) in [5.74, 6) is 1.03. The van der Waals surface area contributed by atoms with Crippen molar-refractivity contribution in [3.05, 3.63) is 98.0 Å². The molecular weight excluding hydrogens is 707 g/mol. The predicted octanol–water partition coefficient (Wildman–Crippen LogP) is 10.3. The molecule has 51 heavy (non-hydrogen) atoms. The fourth-order valence-corrected chi connectivity index (χ4v) is 7.68. The van der Waals surface area contributed by atoms with Crippen LogP contribution < -0.4 is 10.1 Å². The summed E-state index contributed by atoms with van der Waals surface area (Å²) in [7, 11) is 0. The molecule has 0 saturated carbocycles. The number of carbonyl (C=O) groups excluding carboxylic acids is 2. The molecule has 2 heterocycles. The number of benzene rings is 3. The Labute approximate surface area is 317 Å². The van der Waals surface area contributed by atoms with Gasteiger partial charge in [0.2, 0.25) is 0 Å². The van der Waals surface area contributed by atoms with Gasteiger partial charge >= 0.3 is 12.1 Å². The number of ether oxygens (including phenoxy) is 2. The zero-order valence-electron chi connectivity index (χ0n) is 31.0. The molecule has 1 saturated heterocycles. The van der Waals surface area contributed by atoms with Gasteiger partial charge in [-0.1, -0.05) is 79.8 Å². The molecule has 0 bridgehead atoms. The van der Waals surface area contributed by atoms with Crippen LogP contribution in [0.5, 0.6) is 5.75 Å². The van der Waals surface area contributed by atoms with Crippen molar-refractivity contribution in [2.45, 2.75) is 103 Å². The minimum absolute atomic E-state index is 0.133. The second-order valence-electron chi connectivity index (χ2n) is 15.6. The Kier molecular flexibility index (Phi) is 11.0. The highest BCUT2D eigenvalue weighted by molar-refractivity contribution is 6.32. The molecule has 5 rings (SSSR count). The average molecular weight is 756 g/mol. The van der Waals surface area contributed by atoms with E-state index in [1.165, 1.54) is 0 Å². The number of hydrogen-bond acceptors (Lipinski definition) is 5. The van der Waals surface area contributed by atoms with Gasteiger partial charge in [-0.3, -0.25) is 9.89 Å². The first-order valence-corrected chi connectivity index (χ1v) is 18.6. The molecule has 0 aliphatic carbocycles. The molecule has 0 unspecified atom stereocenters. The third kappa shape index (κ3) is 7.84. The SMILES string of the molecule is CCOc1cc(C(C)(C)C)c(Cl)cc1C1=N[C@@](C)(c2ccc(Cl)cc2)[C@](C)(c2ccc(Cl)cc2)N1C(=O)N1CCC(NC(=O)OC(C)(C)C)CC1. The lowest BCUT2D eigenvalue weighted by atomic mass is 9.71. The zero-order valence-corrected chi connectivity index (χ0v) is 33.3. The zero-order chi connectivity index (χ0) is 37.5. The number of halogens is 3. The van der Waals surface area contributed by atoms with Crippen molar-refractivity contribution in [2.24, 2.45) is 4.99 Å². The van der Waals surface area contributed by atoms with Crippen LogP contribution in [0.3, 0.4) is 0 Å². The van der Waals surface area contributed by atoms with E-state index >= 15 is 4.79 Å². The largest absolute Gasteiger partial charge is 0.493 e. The number of amidine groups is 1. The Morgan fingerprint density at radius 1 is 0.882 bits per heavy atom. The van der Waals surface area contributed by atoms with Crippen LogP contribution in [0.1, 0.15) is 97.4 Å². The summed E-state index contributed by atoms with van der Waals surface area (Å²) >= 11 is 19.9. The molecule has 1 N–H and O–H groups in total. The van der Waals surface area contributed by atoms with Crippen molar-refractivity contribution in [2.75, 3.05) is 19.7 Å². The Morgan fingerprint density at radius 2 is 1.43 bits per heavy atom. The van der Waals surface area contributed by atoms with Crippen LogP contribution in [0.4, 0.5) is 9.59 Å². The summed E-state index contributed by atoms with van der Waals surface area (Å²) < 4.78 is 11.8. The van der Waals surface area contributed by atoms with Crippen molar-refractivity contribution in [3.63, 3.8) is 0 Å². The van der Waals surface area contributed by atoms with E-state index in [0.29, 0.717) is 64.8 Å². The van der Waals surface area contributed by atoms with Crippen LogP contribution in [0.2, 0.25) is 15.1 Å². The van der Waals surface area contributed by atoms with Gasteiger partial charge in [0.1, 0.15) is 28.3 Å². The molecular formula is C40H49Cl3N4O4. The highest BCUT2D eigenvalue weighted by Gasteiger charge is 2.60. The van der Waals surface area contributed by atoms with Crippen LogP contribution in [0.25, 0.3) is 0 Å². The summed E-state index contributed by atoms with van der Waals surface area (Å²) in [5, 5.41) is 4.71. The Balaban J connectivity index is 1.67. The number of aliphatic imine (C=N–C) groups is 1. The van der Waals surface area contributed by atoms with Crippen LogP contribution >= 0.6 is 34.8 Å². The third-order valence-corrected chi connectivity index (χ3v) is 10.7. The maximum Gasteiger partial charge on any atom is 0.407 e. The van der Waals surface area contributed by atoms with Gasteiger partial charge in [-0.15, -0.1) is 0 Å². The summed E-state index contributed by atoms with van der Waals surface area (Å²) in [5.41, 5.74) is 0.302. The topological polar surface area (TPSA) is 83.5 Å². The Hall–Kier alpha value is -3.46. The van der Waals surface area contributed by atoms with Crippen molar-refractivity contribution in [1.29, 1.82) is 0 Å². The van der Waals surface area contributed by atoms with Crippen molar-refractivity contribution in [3.8, 4) is 5.75 Å². The van der Waals surface area contributed by atoms with E-state index in [0.717, 1.165) is 16.7 Å². The number of piperidine rings is 1. The maximum absolute atomic E-state index is 15.2. The summed E-state index contributed by atoms with van der Waals surface area (Å²) in [6.07, 6.45) is 0.663. The lowest BCUT2D eigenvalue weighted by molar-refractivity contribution is 0.0479. The third-order valence-electron chi connectivity index (χ3n) is 9.84. The van der Waals surface area contributed by atoms with Crippen LogP contribution in [0.15, 0.2) is 65.7 Å². The molecule has 0 aromatic heterocycles. The molecule has 2 aliphatic heterocycles. The van der Waals surface area contributed by atoms with Gasteiger partial charge in [0.25, 0.3) is 0 Å². The molecule has 2 aliphatic rings. The number of hydrogen-bond donors (Lipinski definition) is 1. The van der Waals surface area contributed by atoms with E-state index in [9.17, 15) is 4.79 Å². The first kappa shape index (κ1) is 38.8. The van der Waals surface area contributed by atoms with E-state index in [4.69, 9.17) is 49.3 Å². The number of alkyl carbamates (subject to hydrolysis) is 1. The summed E-state index contributed by atoms with van der Waals surface area (Å²) in [6.45, 7) is 19.0. The first-order valence-electron chi connectivity index (χ1n) is 17.5. The van der Waals surface area contributed by atoms with Crippen molar-refractivity contribution in [1.82, 2.24) is 15.1 Å².